The summed E-state index contributed by atoms with van der Waals surface area (Å²) in [5.41, 5.74) is -0.759. The molecule has 108 valence electrons. The number of carboxylic acids is 1. The topological polar surface area (TPSA) is 75.6 Å². The zero-order valence-electron chi connectivity index (χ0n) is 10.7. The normalized spacial score (nSPS) is 21.8. The van der Waals surface area contributed by atoms with Crippen molar-refractivity contribution in [3.05, 3.63) is 29.3 Å². The van der Waals surface area contributed by atoms with Gasteiger partial charge in [0.1, 0.15) is 0 Å². The fourth-order valence-electron chi connectivity index (χ4n) is 2.06. The second kappa shape index (κ2) is 5.54. The van der Waals surface area contributed by atoms with Crippen LogP contribution in [-0.2, 0) is 9.53 Å². The maximum Gasteiger partial charge on any atom is 0.337 e. The minimum absolute atomic E-state index is 0.0605. The molecule has 2 unspecified atom stereocenters. The van der Waals surface area contributed by atoms with Crippen molar-refractivity contribution < 1.29 is 28.2 Å². The smallest absolute Gasteiger partial charge is 0.337 e. The lowest BCUT2D eigenvalue weighted by atomic mass is 10.0. The van der Waals surface area contributed by atoms with Gasteiger partial charge in [0.25, 0.3) is 0 Å². The molecule has 1 aliphatic rings. The number of aromatic carboxylic acids is 1. The maximum absolute atomic E-state index is 13.2. The summed E-state index contributed by atoms with van der Waals surface area (Å²) in [5.74, 6) is -4.85. The van der Waals surface area contributed by atoms with E-state index in [0.717, 1.165) is 0 Å². The number of amides is 1. The Morgan fingerprint density at radius 3 is 2.55 bits per heavy atom. The highest BCUT2D eigenvalue weighted by molar-refractivity contribution is 6.01. The Bertz CT molecular complexity index is 562. The van der Waals surface area contributed by atoms with Crippen LogP contribution < -0.4 is 5.32 Å². The van der Waals surface area contributed by atoms with Gasteiger partial charge in [-0.2, -0.15) is 0 Å². The van der Waals surface area contributed by atoms with Crippen molar-refractivity contribution in [2.24, 2.45) is 5.92 Å². The summed E-state index contributed by atoms with van der Waals surface area (Å²) in [4.78, 5) is 22.9. The number of carbonyl (C=O) groups is 2. The van der Waals surface area contributed by atoms with E-state index in [0.29, 0.717) is 18.6 Å². The van der Waals surface area contributed by atoms with E-state index >= 15 is 0 Å². The van der Waals surface area contributed by atoms with Gasteiger partial charge in [-0.1, -0.05) is 0 Å². The lowest BCUT2D eigenvalue weighted by Gasteiger charge is -2.12. The second-order valence-electron chi connectivity index (χ2n) is 4.68. The number of nitrogens with one attached hydrogen (secondary N) is 1. The van der Waals surface area contributed by atoms with E-state index in [9.17, 15) is 18.4 Å². The van der Waals surface area contributed by atoms with Gasteiger partial charge in [0, 0.05) is 6.07 Å². The van der Waals surface area contributed by atoms with Crippen molar-refractivity contribution in [2.75, 3.05) is 11.9 Å². The van der Waals surface area contributed by atoms with Gasteiger partial charge >= 0.3 is 5.97 Å². The molecule has 1 heterocycles. The molecule has 1 fully saturated rings. The molecule has 0 aliphatic carbocycles. The van der Waals surface area contributed by atoms with Crippen molar-refractivity contribution >= 4 is 17.6 Å². The molecule has 1 aromatic carbocycles. The molecule has 5 nitrogen and oxygen atoms in total. The largest absolute Gasteiger partial charge is 0.478 e. The summed E-state index contributed by atoms with van der Waals surface area (Å²) >= 11 is 0. The second-order valence-corrected chi connectivity index (χ2v) is 4.68. The molecule has 0 spiro atoms. The van der Waals surface area contributed by atoms with Gasteiger partial charge in [-0.25, -0.2) is 13.6 Å². The fraction of sp³-hybridized carbons (Fsp3) is 0.385. The van der Waals surface area contributed by atoms with Crippen LogP contribution >= 0.6 is 0 Å². The molecule has 0 saturated carbocycles. The minimum Gasteiger partial charge on any atom is -0.478 e. The number of carbonyl (C=O) groups excluding carboxylic acids is 1. The van der Waals surface area contributed by atoms with Gasteiger partial charge in [-0.05, 0) is 19.4 Å². The molecule has 0 radical (unpaired) electrons. The molecule has 20 heavy (non-hydrogen) atoms. The Morgan fingerprint density at radius 1 is 1.35 bits per heavy atom. The van der Waals surface area contributed by atoms with E-state index in [1.54, 1.807) is 0 Å². The van der Waals surface area contributed by atoms with Crippen molar-refractivity contribution in [2.45, 2.75) is 19.4 Å². The standard InChI is InChI=1S/C13H13F2NO4/c1-6-2-7(5-20-6)12(17)16-11-4-10(15)9(14)3-8(11)13(18)19/h3-4,6-7H,2,5H2,1H3,(H,16,17)(H,18,19). The number of carboxylic acid groups (broad SMARTS) is 1. The molecule has 1 aliphatic heterocycles. The first-order valence-electron chi connectivity index (χ1n) is 6.03. The van der Waals surface area contributed by atoms with Crippen LogP contribution in [0.5, 0.6) is 0 Å². The lowest BCUT2D eigenvalue weighted by Crippen LogP contribution is -2.24. The summed E-state index contributed by atoms with van der Waals surface area (Å²) in [6.07, 6.45) is 0.437. The highest BCUT2D eigenvalue weighted by Crippen LogP contribution is 2.24. The van der Waals surface area contributed by atoms with Crippen LogP contribution in [-0.4, -0.2) is 29.7 Å². The number of hydrogen-bond donors (Lipinski definition) is 2. The predicted octanol–water partition coefficient (Wildman–Crippen LogP) is 2.03. The Balaban J connectivity index is 2.22. The minimum atomic E-state index is -1.45. The quantitative estimate of drug-likeness (QED) is 0.891. The third kappa shape index (κ3) is 2.93. The Labute approximate surface area is 113 Å². The molecule has 0 aromatic heterocycles. The van der Waals surface area contributed by atoms with Gasteiger partial charge < -0.3 is 15.2 Å². The molecule has 2 rings (SSSR count). The van der Waals surface area contributed by atoms with Crippen LogP contribution in [0, 0.1) is 17.6 Å². The molecule has 1 amide bonds. The van der Waals surface area contributed by atoms with E-state index < -0.39 is 35.0 Å². The summed E-state index contributed by atoms with van der Waals surface area (Å²) < 4.78 is 31.4. The fourth-order valence-corrected chi connectivity index (χ4v) is 2.06. The van der Waals surface area contributed by atoms with Gasteiger partial charge in [0.15, 0.2) is 11.6 Å². The molecular formula is C13H13F2NO4. The van der Waals surface area contributed by atoms with Gasteiger partial charge in [-0.15, -0.1) is 0 Å². The molecule has 2 N–H and O–H groups in total. The van der Waals surface area contributed by atoms with E-state index in [4.69, 9.17) is 9.84 Å². The zero-order chi connectivity index (χ0) is 14.9. The molecule has 1 saturated heterocycles. The van der Waals surface area contributed by atoms with Crippen LogP contribution in [0.1, 0.15) is 23.7 Å². The number of anilines is 1. The first-order chi connectivity index (χ1) is 9.38. The number of rotatable bonds is 3. The summed E-state index contributed by atoms with van der Waals surface area (Å²) in [6.45, 7) is 2.03. The van der Waals surface area contributed by atoms with Crippen LogP contribution in [0.2, 0.25) is 0 Å². The van der Waals surface area contributed by atoms with Crippen molar-refractivity contribution in [1.29, 1.82) is 0 Å². The van der Waals surface area contributed by atoms with Crippen molar-refractivity contribution in [3.8, 4) is 0 Å². The zero-order valence-corrected chi connectivity index (χ0v) is 10.7. The predicted molar refractivity (Wildman–Crippen MR) is 65.5 cm³/mol. The van der Waals surface area contributed by atoms with E-state index in [1.807, 2.05) is 6.92 Å². The SMILES string of the molecule is CC1CC(C(=O)Nc2cc(F)c(F)cc2C(=O)O)CO1. The Morgan fingerprint density at radius 2 is 2.00 bits per heavy atom. The van der Waals surface area contributed by atoms with Crippen molar-refractivity contribution in [3.63, 3.8) is 0 Å². The Kier molecular flexibility index (Phi) is 3.99. The number of hydrogen-bond acceptors (Lipinski definition) is 3. The first-order valence-corrected chi connectivity index (χ1v) is 6.03. The summed E-state index contributed by atoms with van der Waals surface area (Å²) in [5, 5.41) is 11.3. The lowest BCUT2D eigenvalue weighted by molar-refractivity contribution is -0.119. The van der Waals surface area contributed by atoms with Crippen LogP contribution in [0.15, 0.2) is 12.1 Å². The van der Waals surface area contributed by atoms with Crippen LogP contribution in [0.25, 0.3) is 0 Å². The first kappa shape index (κ1) is 14.4. The maximum atomic E-state index is 13.2. The van der Waals surface area contributed by atoms with Crippen LogP contribution in [0.4, 0.5) is 14.5 Å². The highest BCUT2D eigenvalue weighted by Gasteiger charge is 2.29. The molecule has 7 heteroatoms. The summed E-state index contributed by atoms with van der Waals surface area (Å²) in [7, 11) is 0. The van der Waals surface area contributed by atoms with Crippen LogP contribution in [0.3, 0.4) is 0 Å². The monoisotopic (exact) mass is 285 g/mol. The number of ether oxygens (including phenoxy) is 1. The van der Waals surface area contributed by atoms with E-state index in [2.05, 4.69) is 5.32 Å². The highest BCUT2D eigenvalue weighted by atomic mass is 19.2. The molecule has 1 aromatic rings. The van der Waals surface area contributed by atoms with Gasteiger partial charge in [0.2, 0.25) is 5.91 Å². The molecule has 2 atom stereocenters. The number of halogens is 2. The Hall–Kier alpha value is -2.02. The third-order valence-corrected chi connectivity index (χ3v) is 3.12. The molecular weight excluding hydrogens is 272 g/mol. The van der Waals surface area contributed by atoms with E-state index in [-0.39, 0.29) is 18.4 Å². The van der Waals surface area contributed by atoms with E-state index in [1.165, 1.54) is 0 Å². The van der Waals surface area contributed by atoms with Gasteiger partial charge in [-0.3, -0.25) is 4.79 Å². The van der Waals surface area contributed by atoms with Crippen molar-refractivity contribution in [1.82, 2.24) is 0 Å². The van der Waals surface area contributed by atoms with Gasteiger partial charge in [0.05, 0.1) is 29.9 Å². The average Bonchev–Trinajstić information content (AvgIpc) is 2.80. The number of benzene rings is 1. The average molecular weight is 285 g/mol. The molecule has 0 bridgehead atoms. The summed E-state index contributed by atoms with van der Waals surface area (Å²) in [6, 6.07) is 1.21. The third-order valence-electron chi connectivity index (χ3n) is 3.12.